The molecular weight excluding hydrogens is 925 g/mol. The predicted octanol–water partition coefficient (Wildman–Crippen LogP) is 6.26. The summed E-state index contributed by atoms with van der Waals surface area (Å²) < 4.78 is 91.6. The highest BCUT2D eigenvalue weighted by atomic mass is 16.7. The van der Waals surface area contributed by atoms with Gasteiger partial charge in [-0.05, 0) is 79.1 Å². The molecule has 1 spiro atoms. The van der Waals surface area contributed by atoms with Gasteiger partial charge in [-0.15, -0.1) is 0 Å². The quantitative estimate of drug-likeness (QED) is 0.166. The number of carbonyl (C=O) groups is 1. The maximum atomic E-state index is 12.3. The van der Waals surface area contributed by atoms with Gasteiger partial charge in [-0.1, -0.05) is 34.6 Å². The molecule has 18 nitrogen and oxygen atoms in total. The predicted molar refractivity (Wildman–Crippen MR) is 255 cm³/mol. The summed E-state index contributed by atoms with van der Waals surface area (Å²) in [4.78, 5) is 12.3. The lowest BCUT2D eigenvalue weighted by Crippen LogP contribution is -2.66. The van der Waals surface area contributed by atoms with Crippen LogP contribution in [0.25, 0.3) is 0 Å². The molecule has 0 aromatic heterocycles. The largest absolute Gasteiger partial charge is 0.481 e. The van der Waals surface area contributed by atoms with Crippen molar-refractivity contribution in [3.05, 3.63) is 0 Å². The van der Waals surface area contributed by atoms with Crippen LogP contribution in [0.3, 0.4) is 0 Å². The molecule has 26 atom stereocenters. The number of hydrogen-bond acceptors (Lipinski definition) is 17. The van der Waals surface area contributed by atoms with Crippen molar-refractivity contribution in [2.75, 3.05) is 28.4 Å². The number of aliphatic hydroxyl groups is 2. The maximum absolute atomic E-state index is 12.3. The Balaban J connectivity index is 0.993. The van der Waals surface area contributed by atoms with Crippen LogP contribution in [0.1, 0.15) is 146 Å². The van der Waals surface area contributed by atoms with Gasteiger partial charge in [-0.25, -0.2) is 0 Å². The van der Waals surface area contributed by atoms with Gasteiger partial charge in [-0.3, -0.25) is 4.79 Å². The van der Waals surface area contributed by atoms with Crippen LogP contribution in [0.4, 0.5) is 0 Å². The van der Waals surface area contributed by atoms with E-state index >= 15 is 0 Å². The van der Waals surface area contributed by atoms with Crippen molar-refractivity contribution in [3.63, 3.8) is 0 Å². The highest BCUT2D eigenvalue weighted by Gasteiger charge is 2.64. The maximum Gasteiger partial charge on any atom is 0.308 e. The highest BCUT2D eigenvalue weighted by Crippen LogP contribution is 2.55. The number of methoxy groups -OCH3 is 4. The Kier molecular flexibility index (Phi) is 17.1. The minimum Gasteiger partial charge on any atom is -0.481 e. The van der Waals surface area contributed by atoms with E-state index in [0.29, 0.717) is 51.4 Å². The molecule has 0 aromatic rings. The number of ether oxygens (including phenoxy) is 14. The van der Waals surface area contributed by atoms with Crippen molar-refractivity contribution in [2.45, 2.75) is 273 Å². The molecule has 8 fully saturated rings. The van der Waals surface area contributed by atoms with Crippen molar-refractivity contribution in [1.82, 2.24) is 0 Å². The molecule has 3 N–H and O–H groups in total. The van der Waals surface area contributed by atoms with Crippen LogP contribution < -0.4 is 0 Å². The molecule has 8 rings (SSSR count). The van der Waals surface area contributed by atoms with E-state index < -0.39 is 102 Å². The summed E-state index contributed by atoms with van der Waals surface area (Å²) in [6.45, 7) is 20.1. The van der Waals surface area contributed by atoms with E-state index in [4.69, 9.17) is 66.3 Å². The van der Waals surface area contributed by atoms with E-state index in [2.05, 4.69) is 27.7 Å². The van der Waals surface area contributed by atoms with E-state index in [0.717, 1.165) is 12.8 Å². The summed E-state index contributed by atoms with van der Waals surface area (Å²) in [6.07, 6.45) is -0.731. The number of aliphatic hydroxyl groups excluding tert-OH is 1. The number of rotatable bonds is 15. The minimum atomic E-state index is -2.12. The van der Waals surface area contributed by atoms with Crippen molar-refractivity contribution in [1.29, 1.82) is 0 Å². The van der Waals surface area contributed by atoms with Gasteiger partial charge in [0.25, 0.3) is 0 Å². The molecule has 0 radical (unpaired) electrons. The molecule has 18 heteroatoms. The smallest absolute Gasteiger partial charge is 0.308 e. The molecule has 0 amide bonds. The van der Waals surface area contributed by atoms with Crippen molar-refractivity contribution in [2.24, 2.45) is 29.6 Å². The third-order valence-electron chi connectivity index (χ3n) is 18.8. The Hall–Kier alpha value is -1.17. The topological polar surface area (TPSA) is 207 Å². The lowest BCUT2D eigenvalue weighted by Gasteiger charge is -2.54. The summed E-state index contributed by atoms with van der Waals surface area (Å²) in [7, 11) is 6.63. The van der Waals surface area contributed by atoms with E-state index in [1.54, 1.807) is 35.4 Å². The van der Waals surface area contributed by atoms with E-state index in [1.807, 2.05) is 34.6 Å². The van der Waals surface area contributed by atoms with Crippen LogP contribution in [-0.4, -0.2) is 176 Å². The van der Waals surface area contributed by atoms with Crippen LogP contribution in [-0.2, 0) is 71.1 Å². The number of carboxylic acid groups (broad SMARTS) is 1. The number of aliphatic carboxylic acids is 1. The summed E-state index contributed by atoms with van der Waals surface area (Å²) in [5.41, 5.74) is -1.54. The Morgan fingerprint density at radius 1 is 0.704 bits per heavy atom. The molecule has 8 aliphatic rings. The highest BCUT2D eigenvalue weighted by molar-refractivity contribution is 5.68. The van der Waals surface area contributed by atoms with Gasteiger partial charge in [0.2, 0.25) is 0 Å². The van der Waals surface area contributed by atoms with Crippen LogP contribution in [0.2, 0.25) is 0 Å². The summed E-state index contributed by atoms with van der Waals surface area (Å²) in [6, 6.07) is 0. The van der Waals surface area contributed by atoms with E-state index in [9.17, 15) is 20.1 Å². The van der Waals surface area contributed by atoms with Crippen molar-refractivity contribution >= 4 is 5.97 Å². The van der Waals surface area contributed by atoms with E-state index in [-0.39, 0.29) is 73.0 Å². The van der Waals surface area contributed by atoms with Gasteiger partial charge in [0, 0.05) is 84.2 Å². The molecule has 8 aliphatic heterocycles. The monoisotopic (exact) mass is 1010 g/mol. The normalized spacial score (nSPS) is 53.3. The first kappa shape index (κ1) is 56.0. The van der Waals surface area contributed by atoms with Gasteiger partial charge >= 0.3 is 5.97 Å². The number of carboxylic acids is 1. The Labute approximate surface area is 422 Å². The second-order valence-corrected chi connectivity index (χ2v) is 23.6. The first-order valence-electron chi connectivity index (χ1n) is 26.9. The van der Waals surface area contributed by atoms with Crippen LogP contribution in [0, 0.1) is 29.6 Å². The Morgan fingerprint density at radius 2 is 1.35 bits per heavy atom. The van der Waals surface area contributed by atoms with Gasteiger partial charge < -0.3 is 81.6 Å². The molecule has 0 bridgehead atoms. The molecule has 8 heterocycles. The van der Waals surface area contributed by atoms with Crippen LogP contribution >= 0.6 is 0 Å². The second kappa shape index (κ2) is 21.7. The molecule has 0 aromatic carbocycles. The van der Waals surface area contributed by atoms with Gasteiger partial charge in [-0.2, -0.15) is 0 Å². The summed E-state index contributed by atoms with van der Waals surface area (Å²) in [5, 5.41) is 34.1. The average molecular weight is 1020 g/mol. The van der Waals surface area contributed by atoms with Crippen molar-refractivity contribution in [3.8, 4) is 0 Å². The second-order valence-electron chi connectivity index (χ2n) is 23.6. The first-order chi connectivity index (χ1) is 33.4. The average Bonchev–Trinajstić information content (AvgIpc) is 4.03. The Bertz CT molecular complexity index is 1800. The Morgan fingerprint density at radius 3 is 1.94 bits per heavy atom. The zero-order valence-corrected chi connectivity index (χ0v) is 45.1. The lowest BCUT2D eigenvalue weighted by atomic mass is 9.75. The van der Waals surface area contributed by atoms with Crippen LogP contribution in [0.15, 0.2) is 0 Å². The minimum absolute atomic E-state index is 0.00446. The molecule has 410 valence electrons. The van der Waals surface area contributed by atoms with Gasteiger partial charge in [0.15, 0.2) is 29.9 Å². The third kappa shape index (κ3) is 11.0. The fourth-order valence-corrected chi connectivity index (χ4v) is 14.0. The molecule has 71 heavy (non-hydrogen) atoms. The fourth-order valence-electron chi connectivity index (χ4n) is 14.0. The third-order valence-corrected chi connectivity index (χ3v) is 18.8. The first-order valence-corrected chi connectivity index (χ1v) is 26.9. The summed E-state index contributed by atoms with van der Waals surface area (Å²) >= 11 is 0. The van der Waals surface area contributed by atoms with E-state index in [1.165, 1.54) is 0 Å². The standard InChI is InChI=1S/C53H90O18/c1-27-23-28(2)51(10,61-14)68-43(27)37-24-38(64-41-17-15-35(58-11)32(6)62-41)48(65-37)50(9)20-19-39(67-50)49(8)21-22-52(71-49)25-34(54)29(3)44(69-52)30(4)45-47(60-13)46(31(5)53(57,70-45)26-40(55)56)66-42-18-16-36(59-12)33(7)63-42/h27-39,41-48,54,57H,15-26H2,1-14H3,(H,55,56)/t27-,28+,29+,30+,31-,32+,33+,34-,35-,36-,37+,38-,39+,41-,42-,43-,44-,45-,46-,47-,48+,49-,50-,51-,52+,53+/m0/s1. The fraction of sp³-hybridized carbons (Fsp3) is 0.981. The molecule has 0 aliphatic carbocycles. The van der Waals surface area contributed by atoms with Gasteiger partial charge in [0.05, 0.1) is 90.9 Å². The molecular formula is C53H90O18. The molecule has 8 saturated heterocycles. The zero-order valence-electron chi connectivity index (χ0n) is 45.1. The van der Waals surface area contributed by atoms with Gasteiger partial charge in [0.1, 0.15) is 12.2 Å². The van der Waals surface area contributed by atoms with Crippen molar-refractivity contribution < 1.29 is 86.4 Å². The summed E-state index contributed by atoms with van der Waals surface area (Å²) in [5.74, 6) is -6.58. The molecule has 0 unspecified atom stereocenters. The number of hydrogen-bond donors (Lipinski definition) is 3. The zero-order chi connectivity index (χ0) is 51.6. The SMILES string of the molecule is CO[C@@H]1[C@@H](O[C@H]2CC[C@H](OC)[C@@H](C)O2)[C@H](C)[C@@](O)(CC(=O)O)O[C@H]1[C@H](C)[C@H]1O[C@@]2(CC[C@@](C)([C@H]3CC[C@@](C)([C@@H]4O[C@@H]([C@H]5O[C@](C)(OC)[C@H](C)C[C@@H]5C)C[C@@H]4O[C@H]4CC[C@H](OC)[C@@H](C)O4)O3)O2)C[C@H](O)[C@H]1C. The molecule has 0 saturated carbocycles. The lowest BCUT2D eigenvalue weighted by molar-refractivity contribution is -0.377. The van der Waals surface area contributed by atoms with Crippen LogP contribution in [0.5, 0.6) is 0 Å².